The molecule has 1 aromatic heterocycles. The Morgan fingerprint density at radius 1 is 1.14 bits per heavy atom. The predicted molar refractivity (Wildman–Crippen MR) is 151 cm³/mol. The van der Waals surface area contributed by atoms with Crippen molar-refractivity contribution in [1.82, 2.24) is 20.2 Å². The van der Waals surface area contributed by atoms with E-state index in [9.17, 15) is 14.4 Å². The molecule has 3 aliphatic rings. The number of carbonyl (C=O) groups excluding carboxylic acids is 3. The number of halogens is 2. The van der Waals surface area contributed by atoms with Gasteiger partial charge >= 0.3 is 6.09 Å². The number of nitrogens with zero attached hydrogens (tertiary/aromatic N) is 3. The van der Waals surface area contributed by atoms with Crippen molar-refractivity contribution < 1.29 is 32.6 Å². The van der Waals surface area contributed by atoms with E-state index in [1.165, 1.54) is 4.90 Å². The smallest absolute Gasteiger partial charge is 0.408 e. The predicted octanol–water partition coefficient (Wildman–Crippen LogP) is 5.40. The SMILES string of the molecule is CC[C@@H]1[C@@H]2CN(C(=O)[C@H](C(C)(C)C)NC(=O)O[C@]3(C)C[C@H]3CCCCC(F)(F)c3nc4ccccc4nc3O2)[C@@H]1C=O. The first-order valence-corrected chi connectivity index (χ1v) is 14.8. The van der Waals surface area contributed by atoms with Crippen LogP contribution in [-0.4, -0.2) is 63.5 Å². The standard InChI is InChI=1S/C31H40F2N4O5/c1-6-19-22(17-38)37-16-23(19)41-26-24(34-20-12-7-8-13-21(20)35-26)31(32,33)14-10-9-11-18-15-30(18,5)42-28(40)36-25(27(37)39)29(2,3)4/h7-8,12-13,17-19,22-23,25H,6,9-11,14-16H2,1-5H3,(H,36,40)/t18-,19+,22-,23+,25-,30-/m1/s1. The Kier molecular flexibility index (Phi) is 7.91. The molecule has 2 aliphatic heterocycles. The fourth-order valence-electron chi connectivity index (χ4n) is 6.38. The van der Waals surface area contributed by atoms with Crippen molar-refractivity contribution in [2.45, 2.75) is 103 Å². The maximum Gasteiger partial charge on any atom is 0.408 e. The van der Waals surface area contributed by atoms with Gasteiger partial charge in [-0.3, -0.25) is 4.79 Å². The molecule has 1 aromatic carbocycles. The Balaban J connectivity index is 1.56. The van der Waals surface area contributed by atoms with Gasteiger partial charge in [0.1, 0.15) is 24.0 Å². The lowest BCUT2D eigenvalue weighted by Gasteiger charge is -2.35. The normalized spacial score (nSPS) is 32.0. The number of aldehydes is 1. The summed E-state index contributed by atoms with van der Waals surface area (Å²) >= 11 is 0. The van der Waals surface area contributed by atoms with Crippen LogP contribution in [0.25, 0.3) is 11.0 Å². The minimum Gasteiger partial charge on any atom is -0.471 e. The Morgan fingerprint density at radius 3 is 2.48 bits per heavy atom. The van der Waals surface area contributed by atoms with Crippen LogP contribution in [0.1, 0.15) is 78.8 Å². The van der Waals surface area contributed by atoms with Crippen molar-refractivity contribution in [1.29, 1.82) is 0 Å². The molecule has 2 bridgehead atoms. The van der Waals surface area contributed by atoms with E-state index < -0.39 is 65.2 Å². The molecule has 2 fully saturated rings. The lowest BCUT2D eigenvalue weighted by molar-refractivity contribution is -0.139. The number of rotatable bonds is 2. The highest BCUT2D eigenvalue weighted by Crippen LogP contribution is 2.50. The molecule has 6 atom stereocenters. The summed E-state index contributed by atoms with van der Waals surface area (Å²) in [6.07, 6.45) is 1.20. The largest absolute Gasteiger partial charge is 0.471 e. The molecule has 1 aliphatic carbocycles. The summed E-state index contributed by atoms with van der Waals surface area (Å²) in [5.41, 5.74) is -1.23. The number of nitrogens with one attached hydrogen (secondary N) is 1. The first-order valence-electron chi connectivity index (χ1n) is 14.8. The molecule has 9 nitrogen and oxygen atoms in total. The van der Waals surface area contributed by atoms with E-state index in [1.54, 1.807) is 24.3 Å². The first-order chi connectivity index (χ1) is 19.8. The number of ether oxygens (including phenoxy) is 2. The summed E-state index contributed by atoms with van der Waals surface area (Å²) in [6, 6.07) is 4.89. The van der Waals surface area contributed by atoms with Crippen LogP contribution in [0.5, 0.6) is 5.88 Å². The van der Waals surface area contributed by atoms with Crippen LogP contribution in [0.2, 0.25) is 0 Å². The lowest BCUT2D eigenvalue weighted by Crippen LogP contribution is -2.56. The average molecular weight is 587 g/mol. The van der Waals surface area contributed by atoms with E-state index in [-0.39, 0.29) is 24.8 Å². The molecule has 5 rings (SSSR count). The van der Waals surface area contributed by atoms with Gasteiger partial charge in [-0.05, 0) is 50.2 Å². The van der Waals surface area contributed by atoms with Gasteiger partial charge in [0.15, 0.2) is 5.69 Å². The van der Waals surface area contributed by atoms with Gasteiger partial charge < -0.3 is 24.5 Å². The lowest BCUT2D eigenvalue weighted by atomic mass is 9.85. The van der Waals surface area contributed by atoms with Crippen LogP contribution in [0.15, 0.2) is 24.3 Å². The molecule has 228 valence electrons. The zero-order valence-corrected chi connectivity index (χ0v) is 24.9. The molecular formula is C31H40F2N4O5. The molecule has 11 heteroatoms. The van der Waals surface area contributed by atoms with Crippen LogP contribution in [0.3, 0.4) is 0 Å². The van der Waals surface area contributed by atoms with Crippen LogP contribution in [0, 0.1) is 17.3 Å². The highest BCUT2D eigenvalue weighted by atomic mass is 19.3. The van der Waals surface area contributed by atoms with Gasteiger partial charge in [-0.25, -0.2) is 14.8 Å². The quantitative estimate of drug-likeness (QED) is 0.469. The van der Waals surface area contributed by atoms with Gasteiger partial charge in [-0.1, -0.05) is 46.2 Å². The number of amides is 2. The topological polar surface area (TPSA) is 111 Å². The second kappa shape index (κ2) is 11.0. The molecule has 2 amide bonds. The van der Waals surface area contributed by atoms with E-state index in [4.69, 9.17) is 9.47 Å². The van der Waals surface area contributed by atoms with Crippen LogP contribution >= 0.6 is 0 Å². The molecule has 3 heterocycles. The van der Waals surface area contributed by atoms with Gasteiger partial charge in [0.25, 0.3) is 5.92 Å². The van der Waals surface area contributed by atoms with Crippen LogP contribution in [-0.2, 0) is 20.2 Å². The number of hydrogen-bond donors (Lipinski definition) is 1. The number of hydrogen-bond acceptors (Lipinski definition) is 7. The summed E-state index contributed by atoms with van der Waals surface area (Å²) in [5.74, 6) is -4.51. The van der Waals surface area contributed by atoms with E-state index >= 15 is 8.78 Å². The maximum atomic E-state index is 15.8. The number of aromatic nitrogens is 2. The first kappa shape index (κ1) is 30.1. The minimum atomic E-state index is -3.32. The van der Waals surface area contributed by atoms with Gasteiger partial charge in [-0.2, -0.15) is 8.78 Å². The van der Waals surface area contributed by atoms with Crippen molar-refractivity contribution in [3.63, 3.8) is 0 Å². The molecule has 0 radical (unpaired) electrons. The van der Waals surface area contributed by atoms with Gasteiger partial charge in [0.2, 0.25) is 11.8 Å². The maximum absolute atomic E-state index is 15.8. The summed E-state index contributed by atoms with van der Waals surface area (Å²) in [5, 5.41) is 2.77. The number of para-hydroxylation sites is 2. The van der Waals surface area contributed by atoms with E-state index in [0.717, 1.165) is 0 Å². The Morgan fingerprint density at radius 2 is 1.83 bits per heavy atom. The Hall–Kier alpha value is -3.37. The number of fused-ring (bicyclic) bond motifs is 5. The van der Waals surface area contributed by atoms with Crippen LogP contribution < -0.4 is 10.1 Å². The average Bonchev–Trinajstić information content (AvgIpc) is 3.41. The number of benzene rings is 1. The summed E-state index contributed by atoms with van der Waals surface area (Å²) in [4.78, 5) is 49.6. The molecule has 0 unspecified atom stereocenters. The van der Waals surface area contributed by atoms with Gasteiger partial charge in [0.05, 0.1) is 23.6 Å². The van der Waals surface area contributed by atoms with E-state index in [0.29, 0.717) is 43.0 Å². The highest BCUT2D eigenvalue weighted by Gasteiger charge is 2.54. The highest BCUT2D eigenvalue weighted by molar-refractivity contribution is 5.89. The molecule has 1 saturated heterocycles. The van der Waals surface area contributed by atoms with E-state index in [1.807, 2.05) is 34.6 Å². The Labute approximate surface area is 244 Å². The number of alkyl carbamates (subject to hydrolysis) is 1. The van der Waals surface area contributed by atoms with Crippen molar-refractivity contribution in [3.8, 4) is 5.88 Å². The fraction of sp³-hybridized carbons (Fsp3) is 0.645. The zero-order chi connectivity index (χ0) is 30.4. The fourth-order valence-corrected chi connectivity index (χ4v) is 6.38. The number of carbonyl (C=O) groups is 3. The van der Waals surface area contributed by atoms with Crippen molar-refractivity contribution in [3.05, 3.63) is 30.0 Å². The zero-order valence-electron chi connectivity index (χ0n) is 24.9. The summed E-state index contributed by atoms with van der Waals surface area (Å²) in [7, 11) is 0. The van der Waals surface area contributed by atoms with Crippen molar-refractivity contribution in [2.24, 2.45) is 17.3 Å². The second-order valence-corrected chi connectivity index (χ2v) is 13.2. The van der Waals surface area contributed by atoms with Gasteiger partial charge in [-0.15, -0.1) is 0 Å². The molecule has 1 N–H and O–H groups in total. The van der Waals surface area contributed by atoms with Gasteiger partial charge in [0, 0.05) is 18.3 Å². The monoisotopic (exact) mass is 586 g/mol. The summed E-state index contributed by atoms with van der Waals surface area (Å²) < 4.78 is 43.6. The molecule has 1 saturated carbocycles. The second-order valence-electron chi connectivity index (χ2n) is 13.2. The molecule has 2 aromatic rings. The van der Waals surface area contributed by atoms with E-state index in [2.05, 4.69) is 15.3 Å². The third-order valence-corrected chi connectivity index (χ3v) is 9.04. The molecule has 0 spiro atoms. The van der Waals surface area contributed by atoms with Crippen molar-refractivity contribution >= 4 is 29.3 Å². The van der Waals surface area contributed by atoms with Crippen LogP contribution in [0.4, 0.5) is 13.6 Å². The third-order valence-electron chi connectivity index (χ3n) is 9.04. The minimum absolute atomic E-state index is 0.0383. The third kappa shape index (κ3) is 5.79. The van der Waals surface area contributed by atoms with Crippen molar-refractivity contribution in [2.75, 3.05) is 6.54 Å². The Bertz CT molecular complexity index is 1360. The molecule has 42 heavy (non-hydrogen) atoms. The molecular weight excluding hydrogens is 546 g/mol. The summed E-state index contributed by atoms with van der Waals surface area (Å²) in [6.45, 7) is 9.10. The number of alkyl halides is 2.